The molecule has 0 fully saturated rings. The van der Waals surface area contributed by atoms with E-state index in [4.69, 9.17) is 4.74 Å². The minimum absolute atomic E-state index is 0.0681. The van der Waals surface area contributed by atoms with E-state index in [-0.39, 0.29) is 24.4 Å². The Morgan fingerprint density at radius 3 is 2.50 bits per heavy atom. The Bertz CT molecular complexity index is 584. The second-order valence-electron chi connectivity index (χ2n) is 5.24. The molecule has 2 aromatic rings. The second-order valence-corrected chi connectivity index (χ2v) is 5.24. The van der Waals surface area contributed by atoms with Crippen molar-refractivity contribution in [2.45, 2.75) is 25.8 Å². The SMILES string of the molecule is CC(CCc1ccccc1)NC(=O)COc1ccc(F)cc1. The smallest absolute Gasteiger partial charge is 0.258 e. The van der Waals surface area contributed by atoms with Crippen LogP contribution in [0, 0.1) is 5.82 Å². The van der Waals surface area contributed by atoms with Crippen LogP contribution in [-0.2, 0) is 11.2 Å². The number of halogens is 1. The Morgan fingerprint density at radius 1 is 1.14 bits per heavy atom. The van der Waals surface area contributed by atoms with Crippen molar-refractivity contribution in [1.29, 1.82) is 0 Å². The highest BCUT2D eigenvalue weighted by Crippen LogP contribution is 2.10. The summed E-state index contributed by atoms with van der Waals surface area (Å²) in [6.07, 6.45) is 1.79. The van der Waals surface area contributed by atoms with Crippen molar-refractivity contribution in [3.05, 3.63) is 66.0 Å². The summed E-state index contributed by atoms with van der Waals surface area (Å²) >= 11 is 0. The van der Waals surface area contributed by atoms with Crippen molar-refractivity contribution in [1.82, 2.24) is 5.32 Å². The van der Waals surface area contributed by atoms with Crippen LogP contribution in [0.3, 0.4) is 0 Å². The minimum Gasteiger partial charge on any atom is -0.484 e. The highest BCUT2D eigenvalue weighted by Gasteiger charge is 2.08. The fourth-order valence-electron chi connectivity index (χ4n) is 2.10. The van der Waals surface area contributed by atoms with E-state index >= 15 is 0 Å². The zero-order chi connectivity index (χ0) is 15.8. The number of aryl methyl sites for hydroxylation is 1. The number of benzene rings is 2. The highest BCUT2D eigenvalue weighted by atomic mass is 19.1. The van der Waals surface area contributed by atoms with Crippen molar-refractivity contribution in [2.75, 3.05) is 6.61 Å². The summed E-state index contributed by atoms with van der Waals surface area (Å²) in [7, 11) is 0. The molecule has 0 aliphatic rings. The van der Waals surface area contributed by atoms with Gasteiger partial charge >= 0.3 is 0 Å². The standard InChI is InChI=1S/C18H20FNO2/c1-14(7-8-15-5-3-2-4-6-15)20-18(21)13-22-17-11-9-16(19)10-12-17/h2-6,9-12,14H,7-8,13H2,1H3,(H,20,21). The number of carbonyl (C=O) groups is 1. The molecule has 1 atom stereocenters. The lowest BCUT2D eigenvalue weighted by Gasteiger charge is -2.14. The molecule has 4 heteroatoms. The maximum Gasteiger partial charge on any atom is 0.258 e. The summed E-state index contributed by atoms with van der Waals surface area (Å²) < 4.78 is 18.1. The molecule has 116 valence electrons. The van der Waals surface area contributed by atoms with E-state index in [1.54, 1.807) is 0 Å². The fraction of sp³-hybridized carbons (Fsp3) is 0.278. The molecule has 1 N–H and O–H groups in total. The summed E-state index contributed by atoms with van der Waals surface area (Å²) in [4.78, 5) is 11.8. The first-order valence-electron chi connectivity index (χ1n) is 7.35. The van der Waals surface area contributed by atoms with Crippen LogP contribution in [0.25, 0.3) is 0 Å². The van der Waals surface area contributed by atoms with Crippen molar-refractivity contribution < 1.29 is 13.9 Å². The molecule has 1 unspecified atom stereocenters. The van der Waals surface area contributed by atoms with Gasteiger partial charge in [-0.15, -0.1) is 0 Å². The first-order chi connectivity index (χ1) is 10.6. The third kappa shape index (κ3) is 5.56. The fourth-order valence-corrected chi connectivity index (χ4v) is 2.10. The summed E-state index contributed by atoms with van der Waals surface area (Å²) in [5, 5.41) is 2.89. The summed E-state index contributed by atoms with van der Waals surface area (Å²) in [6.45, 7) is 1.90. The maximum atomic E-state index is 12.7. The Balaban J connectivity index is 1.68. The number of rotatable bonds is 7. The molecule has 0 aliphatic heterocycles. The maximum absolute atomic E-state index is 12.7. The van der Waals surface area contributed by atoms with Gasteiger partial charge in [-0.25, -0.2) is 4.39 Å². The van der Waals surface area contributed by atoms with Gasteiger partial charge < -0.3 is 10.1 Å². The van der Waals surface area contributed by atoms with Gasteiger partial charge in [0.25, 0.3) is 5.91 Å². The van der Waals surface area contributed by atoms with E-state index in [1.807, 2.05) is 25.1 Å². The molecular formula is C18H20FNO2. The second kappa shape index (κ2) is 8.17. The third-order valence-electron chi connectivity index (χ3n) is 3.30. The number of ether oxygens (including phenoxy) is 1. The molecule has 3 nitrogen and oxygen atoms in total. The monoisotopic (exact) mass is 301 g/mol. The molecule has 2 rings (SSSR count). The molecule has 0 saturated carbocycles. The third-order valence-corrected chi connectivity index (χ3v) is 3.30. The largest absolute Gasteiger partial charge is 0.484 e. The van der Waals surface area contributed by atoms with E-state index in [0.717, 1.165) is 12.8 Å². The lowest BCUT2D eigenvalue weighted by atomic mass is 10.1. The van der Waals surface area contributed by atoms with Crippen molar-refractivity contribution in [3.63, 3.8) is 0 Å². The first kappa shape index (κ1) is 16.0. The van der Waals surface area contributed by atoms with E-state index in [9.17, 15) is 9.18 Å². The molecule has 22 heavy (non-hydrogen) atoms. The molecule has 0 heterocycles. The quantitative estimate of drug-likeness (QED) is 0.852. The van der Waals surface area contributed by atoms with Crippen LogP contribution in [0.2, 0.25) is 0 Å². The van der Waals surface area contributed by atoms with Crippen molar-refractivity contribution in [3.8, 4) is 5.75 Å². The van der Waals surface area contributed by atoms with Gasteiger partial charge in [0.1, 0.15) is 11.6 Å². The molecule has 1 amide bonds. The molecule has 0 bridgehead atoms. The van der Waals surface area contributed by atoms with Crippen LogP contribution in [0.15, 0.2) is 54.6 Å². The average Bonchev–Trinajstić information content (AvgIpc) is 2.53. The molecule has 0 aliphatic carbocycles. The van der Waals surface area contributed by atoms with E-state index in [0.29, 0.717) is 5.75 Å². The van der Waals surface area contributed by atoms with E-state index in [1.165, 1.54) is 29.8 Å². The van der Waals surface area contributed by atoms with Gasteiger partial charge in [-0.3, -0.25) is 4.79 Å². The number of hydrogen-bond donors (Lipinski definition) is 1. The highest BCUT2D eigenvalue weighted by molar-refractivity contribution is 5.77. The predicted molar refractivity (Wildman–Crippen MR) is 84.3 cm³/mol. The van der Waals surface area contributed by atoms with Gasteiger partial charge in [-0.05, 0) is 49.6 Å². The van der Waals surface area contributed by atoms with Crippen LogP contribution in [0.5, 0.6) is 5.75 Å². The first-order valence-corrected chi connectivity index (χ1v) is 7.35. The van der Waals surface area contributed by atoms with Crippen LogP contribution in [0.1, 0.15) is 18.9 Å². The van der Waals surface area contributed by atoms with Crippen LogP contribution < -0.4 is 10.1 Å². The molecule has 0 radical (unpaired) electrons. The molecule has 0 aromatic heterocycles. The van der Waals surface area contributed by atoms with Crippen LogP contribution in [-0.4, -0.2) is 18.6 Å². The van der Waals surface area contributed by atoms with Crippen molar-refractivity contribution in [2.24, 2.45) is 0 Å². The zero-order valence-electron chi connectivity index (χ0n) is 12.6. The summed E-state index contributed by atoms with van der Waals surface area (Å²) in [5.41, 5.74) is 1.26. The molecule has 0 spiro atoms. The van der Waals surface area contributed by atoms with Crippen LogP contribution in [0.4, 0.5) is 4.39 Å². The zero-order valence-corrected chi connectivity index (χ0v) is 12.6. The Hall–Kier alpha value is -2.36. The normalized spacial score (nSPS) is 11.7. The number of amides is 1. The van der Waals surface area contributed by atoms with Gasteiger partial charge in [0.2, 0.25) is 0 Å². The van der Waals surface area contributed by atoms with E-state index < -0.39 is 0 Å². The summed E-state index contributed by atoms with van der Waals surface area (Å²) in [5.74, 6) is -0.0234. The lowest BCUT2D eigenvalue weighted by Crippen LogP contribution is -2.36. The minimum atomic E-state index is -0.327. The number of nitrogens with one attached hydrogen (secondary N) is 1. The number of carbonyl (C=O) groups excluding carboxylic acids is 1. The Morgan fingerprint density at radius 2 is 1.82 bits per heavy atom. The molecular weight excluding hydrogens is 281 g/mol. The Kier molecular flexibility index (Phi) is 5.95. The van der Waals surface area contributed by atoms with Gasteiger partial charge in [0, 0.05) is 6.04 Å². The van der Waals surface area contributed by atoms with Gasteiger partial charge in [-0.1, -0.05) is 30.3 Å². The van der Waals surface area contributed by atoms with Gasteiger partial charge in [0.05, 0.1) is 0 Å². The van der Waals surface area contributed by atoms with Crippen molar-refractivity contribution >= 4 is 5.91 Å². The van der Waals surface area contributed by atoms with Gasteiger partial charge in [0.15, 0.2) is 6.61 Å². The molecule has 2 aromatic carbocycles. The van der Waals surface area contributed by atoms with E-state index in [2.05, 4.69) is 17.4 Å². The molecule has 0 saturated heterocycles. The van der Waals surface area contributed by atoms with Crippen LogP contribution >= 0.6 is 0 Å². The predicted octanol–water partition coefficient (Wildman–Crippen LogP) is 3.34. The summed E-state index contributed by atoms with van der Waals surface area (Å²) in [6, 6.07) is 15.8. The lowest BCUT2D eigenvalue weighted by molar-refractivity contribution is -0.123. The average molecular weight is 301 g/mol. The Labute approximate surface area is 130 Å². The number of hydrogen-bond acceptors (Lipinski definition) is 2. The van der Waals surface area contributed by atoms with Gasteiger partial charge in [-0.2, -0.15) is 0 Å². The topological polar surface area (TPSA) is 38.3 Å².